The fourth-order valence-electron chi connectivity index (χ4n) is 4.87. The van der Waals surface area contributed by atoms with Crippen molar-refractivity contribution in [3.8, 4) is 0 Å². The molecule has 4 rings (SSSR count). The largest absolute Gasteiger partial charge is 1.00 e. The van der Waals surface area contributed by atoms with E-state index in [1.165, 1.54) is 37.9 Å². The highest BCUT2D eigenvalue weighted by molar-refractivity contribution is 6.10. The highest BCUT2D eigenvalue weighted by Crippen LogP contribution is 2.47. The second-order valence-electron chi connectivity index (χ2n) is 7.66. The molecule has 1 amide bonds. The van der Waals surface area contributed by atoms with Crippen LogP contribution in [0.25, 0.3) is 0 Å². The number of fused-ring (bicyclic) bond motifs is 1. The Morgan fingerprint density at radius 2 is 1.63 bits per heavy atom. The molecule has 1 unspecified atom stereocenters. The van der Waals surface area contributed by atoms with Crippen LogP contribution in [0.15, 0.2) is 54.6 Å². The summed E-state index contributed by atoms with van der Waals surface area (Å²) in [6.07, 6.45) is 4.80. The number of benzene rings is 2. The van der Waals surface area contributed by atoms with Crippen LogP contribution in [0.2, 0.25) is 0 Å². The fraction of sp³-hybridized carbons (Fsp3) is 0.435. The van der Waals surface area contributed by atoms with Crippen LogP contribution in [0, 0.1) is 0 Å². The molecule has 27 heavy (non-hydrogen) atoms. The lowest BCUT2D eigenvalue weighted by molar-refractivity contribution is -0.903. The monoisotopic (exact) mass is 384 g/mol. The Morgan fingerprint density at radius 1 is 0.963 bits per heavy atom. The lowest BCUT2D eigenvalue weighted by Crippen LogP contribution is -3.13. The van der Waals surface area contributed by atoms with E-state index in [9.17, 15) is 4.79 Å². The van der Waals surface area contributed by atoms with Gasteiger partial charge in [0.2, 0.25) is 5.91 Å². The first-order valence-electron chi connectivity index (χ1n) is 10.1. The van der Waals surface area contributed by atoms with Crippen LogP contribution in [-0.4, -0.2) is 32.1 Å². The van der Waals surface area contributed by atoms with E-state index in [-0.39, 0.29) is 18.3 Å². The van der Waals surface area contributed by atoms with Gasteiger partial charge in [0.15, 0.2) is 0 Å². The van der Waals surface area contributed by atoms with Crippen LogP contribution < -0.4 is 22.2 Å². The third-order valence-corrected chi connectivity index (χ3v) is 6.31. The quantitative estimate of drug-likeness (QED) is 0.759. The Morgan fingerprint density at radius 3 is 2.33 bits per heavy atom. The predicted molar refractivity (Wildman–Crippen MR) is 106 cm³/mol. The summed E-state index contributed by atoms with van der Waals surface area (Å²) >= 11 is 0. The molecule has 0 saturated carbocycles. The third-order valence-electron chi connectivity index (χ3n) is 6.31. The third kappa shape index (κ3) is 3.39. The van der Waals surface area contributed by atoms with Crippen molar-refractivity contribution in [2.75, 3.05) is 31.1 Å². The fourth-order valence-corrected chi connectivity index (χ4v) is 4.87. The highest BCUT2D eigenvalue weighted by atomic mass is 35.5. The summed E-state index contributed by atoms with van der Waals surface area (Å²) in [6.45, 7) is 6.51. The summed E-state index contributed by atoms with van der Waals surface area (Å²) in [4.78, 5) is 17.4. The minimum absolute atomic E-state index is 0. The number of nitrogens with one attached hydrogen (secondary N) is 1. The van der Waals surface area contributed by atoms with Crippen molar-refractivity contribution in [2.24, 2.45) is 0 Å². The Labute approximate surface area is 168 Å². The Balaban J connectivity index is 0.00000210. The summed E-state index contributed by atoms with van der Waals surface area (Å²) in [7, 11) is 0. The lowest BCUT2D eigenvalue weighted by Gasteiger charge is -2.29. The summed E-state index contributed by atoms with van der Waals surface area (Å²) in [5.74, 6) is 0.254. The molecule has 1 N–H and O–H groups in total. The van der Waals surface area contributed by atoms with E-state index in [4.69, 9.17) is 0 Å². The van der Waals surface area contributed by atoms with E-state index >= 15 is 0 Å². The van der Waals surface area contributed by atoms with Crippen molar-refractivity contribution in [3.05, 3.63) is 65.7 Å². The SMILES string of the molecule is CCC1(c2ccccc2)C(=O)N(CC[NH+]2CCCCC2)c2ccccc21.[Cl-]. The number of anilines is 1. The van der Waals surface area contributed by atoms with E-state index in [0.717, 1.165) is 30.8 Å². The predicted octanol–water partition coefficient (Wildman–Crippen LogP) is -0.198. The van der Waals surface area contributed by atoms with Gasteiger partial charge in [-0.15, -0.1) is 0 Å². The molecule has 2 aromatic carbocycles. The maximum absolute atomic E-state index is 13.7. The standard InChI is InChI=1S/C23H28N2O.ClH/c1-2-23(19-11-5-3-6-12-19)20-13-7-8-14-21(20)25(22(23)26)18-17-24-15-9-4-10-16-24;/h3,5-8,11-14H,2,4,9-10,15-18H2,1H3;1H. The van der Waals surface area contributed by atoms with Crippen molar-refractivity contribution in [2.45, 2.75) is 38.0 Å². The molecule has 0 aliphatic carbocycles. The summed E-state index contributed by atoms with van der Waals surface area (Å²) in [6, 6.07) is 18.7. The average molecular weight is 385 g/mol. The molecular formula is C23H29ClN2O. The number of para-hydroxylation sites is 1. The van der Waals surface area contributed by atoms with Gasteiger partial charge in [0, 0.05) is 5.69 Å². The number of nitrogens with zero attached hydrogens (tertiary/aromatic N) is 1. The molecule has 1 fully saturated rings. The number of carbonyl (C=O) groups excluding carboxylic acids is 1. The molecule has 0 bridgehead atoms. The summed E-state index contributed by atoms with van der Waals surface area (Å²) < 4.78 is 0. The van der Waals surface area contributed by atoms with Crippen molar-refractivity contribution in [1.29, 1.82) is 0 Å². The molecule has 144 valence electrons. The van der Waals surface area contributed by atoms with Gasteiger partial charge in [-0.2, -0.15) is 0 Å². The zero-order chi connectivity index (χ0) is 18.0. The van der Waals surface area contributed by atoms with E-state index < -0.39 is 5.41 Å². The second kappa shape index (κ2) is 8.45. The number of hydrogen-bond acceptors (Lipinski definition) is 1. The molecule has 3 nitrogen and oxygen atoms in total. The Bertz CT molecular complexity index is 773. The maximum atomic E-state index is 13.7. The van der Waals surface area contributed by atoms with E-state index in [2.05, 4.69) is 48.2 Å². The number of piperidine rings is 1. The van der Waals surface area contributed by atoms with Crippen molar-refractivity contribution in [3.63, 3.8) is 0 Å². The van der Waals surface area contributed by atoms with Gasteiger partial charge in [-0.05, 0) is 42.9 Å². The number of halogens is 1. The van der Waals surface area contributed by atoms with Crippen LogP contribution in [0.3, 0.4) is 0 Å². The van der Waals surface area contributed by atoms with Crippen molar-refractivity contribution >= 4 is 11.6 Å². The first-order chi connectivity index (χ1) is 12.8. The normalized spacial score (nSPS) is 22.4. The Kier molecular flexibility index (Phi) is 6.23. The number of carbonyl (C=O) groups is 1. The average Bonchev–Trinajstić information content (AvgIpc) is 2.96. The van der Waals surface area contributed by atoms with Crippen LogP contribution in [0.5, 0.6) is 0 Å². The molecule has 2 aliphatic rings. The van der Waals surface area contributed by atoms with Crippen molar-refractivity contribution in [1.82, 2.24) is 0 Å². The second-order valence-corrected chi connectivity index (χ2v) is 7.66. The van der Waals surface area contributed by atoms with Gasteiger partial charge in [-0.25, -0.2) is 0 Å². The van der Waals surface area contributed by atoms with Gasteiger partial charge in [0.25, 0.3) is 0 Å². The molecule has 0 aromatic heterocycles. The Hall–Kier alpha value is -1.84. The molecular weight excluding hydrogens is 356 g/mol. The number of hydrogen-bond donors (Lipinski definition) is 1. The number of likely N-dealkylation sites (tertiary alicyclic amines) is 1. The minimum atomic E-state index is -0.533. The van der Waals surface area contributed by atoms with E-state index in [0.29, 0.717) is 0 Å². The number of rotatable bonds is 5. The molecule has 1 atom stereocenters. The van der Waals surface area contributed by atoms with Gasteiger partial charge < -0.3 is 22.2 Å². The molecule has 4 heteroatoms. The minimum Gasteiger partial charge on any atom is -1.00 e. The maximum Gasteiger partial charge on any atom is 0.242 e. The zero-order valence-electron chi connectivity index (χ0n) is 16.1. The van der Waals surface area contributed by atoms with Gasteiger partial charge in [0.05, 0.1) is 26.2 Å². The lowest BCUT2D eigenvalue weighted by atomic mass is 9.73. The van der Waals surface area contributed by atoms with Gasteiger partial charge in [0.1, 0.15) is 5.41 Å². The zero-order valence-corrected chi connectivity index (χ0v) is 16.8. The topological polar surface area (TPSA) is 24.8 Å². The van der Waals surface area contributed by atoms with E-state index in [1.807, 2.05) is 18.2 Å². The van der Waals surface area contributed by atoms with Crippen LogP contribution >= 0.6 is 0 Å². The molecule has 0 radical (unpaired) electrons. The van der Waals surface area contributed by atoms with Gasteiger partial charge in [-0.1, -0.05) is 55.5 Å². The summed E-state index contributed by atoms with van der Waals surface area (Å²) in [5.41, 5.74) is 2.87. The van der Waals surface area contributed by atoms with E-state index in [1.54, 1.807) is 4.90 Å². The van der Waals surface area contributed by atoms with Crippen LogP contribution in [0.1, 0.15) is 43.7 Å². The number of amides is 1. The van der Waals surface area contributed by atoms with Gasteiger partial charge >= 0.3 is 0 Å². The highest BCUT2D eigenvalue weighted by Gasteiger charge is 2.50. The summed E-state index contributed by atoms with van der Waals surface area (Å²) in [5, 5.41) is 0. The first kappa shape index (κ1) is 19.9. The van der Waals surface area contributed by atoms with Crippen LogP contribution in [-0.2, 0) is 10.2 Å². The molecule has 1 saturated heterocycles. The molecule has 2 aliphatic heterocycles. The van der Waals surface area contributed by atoms with Crippen LogP contribution in [0.4, 0.5) is 5.69 Å². The first-order valence-corrected chi connectivity index (χ1v) is 10.1. The smallest absolute Gasteiger partial charge is 0.242 e. The molecule has 2 heterocycles. The molecule has 2 aromatic rings. The van der Waals surface area contributed by atoms with Crippen molar-refractivity contribution < 1.29 is 22.1 Å². The molecule has 0 spiro atoms. The number of quaternary nitrogens is 1. The van der Waals surface area contributed by atoms with Gasteiger partial charge in [-0.3, -0.25) is 4.79 Å².